The van der Waals surface area contributed by atoms with Gasteiger partial charge in [-0.05, 0) is 24.0 Å². The number of hydrogen-bond donors (Lipinski definition) is 1. The van der Waals surface area contributed by atoms with E-state index in [0.717, 1.165) is 12.1 Å². The van der Waals surface area contributed by atoms with Gasteiger partial charge in [-0.1, -0.05) is 18.2 Å². The van der Waals surface area contributed by atoms with E-state index in [1.807, 2.05) is 0 Å². The van der Waals surface area contributed by atoms with Crippen LogP contribution in [0.2, 0.25) is 0 Å². The molecule has 1 N–H and O–H groups in total. The van der Waals surface area contributed by atoms with Crippen LogP contribution in [0.5, 0.6) is 0 Å². The minimum atomic E-state index is -5.67. The molecule has 0 unspecified atom stereocenters. The maximum Gasteiger partial charge on any atom is 0.458 e. The fourth-order valence-electron chi connectivity index (χ4n) is 1.96. The van der Waals surface area contributed by atoms with Gasteiger partial charge in [-0.3, -0.25) is 4.79 Å². The molecule has 0 spiro atoms. The topological polar surface area (TPSA) is 37.3 Å². The number of carboxylic acid groups (broad SMARTS) is 1. The Bertz CT molecular complexity index is 509. The number of benzene rings is 1. The van der Waals surface area contributed by atoms with Crippen LogP contribution in [0.15, 0.2) is 24.3 Å². The Morgan fingerprint density at radius 3 is 2.32 bits per heavy atom. The minimum Gasteiger partial charge on any atom is -0.481 e. The average Bonchev–Trinajstić information content (AvgIpc) is 3.07. The van der Waals surface area contributed by atoms with Crippen LogP contribution in [0, 0.1) is 5.92 Å². The maximum absolute atomic E-state index is 13.1. The highest BCUT2D eigenvalue weighted by molar-refractivity contribution is 5.75. The number of halogens is 5. The highest BCUT2D eigenvalue weighted by Crippen LogP contribution is 2.49. The van der Waals surface area contributed by atoms with Crippen molar-refractivity contribution >= 4 is 5.97 Å². The molecule has 1 aromatic rings. The zero-order valence-electron chi connectivity index (χ0n) is 9.42. The van der Waals surface area contributed by atoms with Crippen molar-refractivity contribution in [2.24, 2.45) is 5.92 Å². The summed E-state index contributed by atoms with van der Waals surface area (Å²) in [6.45, 7) is 0. The lowest BCUT2D eigenvalue weighted by atomic mass is 10.0. The van der Waals surface area contributed by atoms with Crippen molar-refractivity contribution in [2.45, 2.75) is 24.4 Å². The Morgan fingerprint density at radius 2 is 1.84 bits per heavy atom. The Kier molecular flexibility index (Phi) is 3.03. The van der Waals surface area contributed by atoms with E-state index in [1.54, 1.807) is 0 Å². The van der Waals surface area contributed by atoms with Gasteiger partial charge in [0.2, 0.25) is 0 Å². The van der Waals surface area contributed by atoms with Gasteiger partial charge in [-0.15, -0.1) is 0 Å². The van der Waals surface area contributed by atoms with Gasteiger partial charge in [0.25, 0.3) is 0 Å². The quantitative estimate of drug-likeness (QED) is 0.860. The molecule has 1 aliphatic rings. The summed E-state index contributed by atoms with van der Waals surface area (Å²) < 4.78 is 63.0. The third-order valence-corrected chi connectivity index (χ3v) is 3.14. The van der Waals surface area contributed by atoms with Gasteiger partial charge in [0.05, 0.1) is 5.92 Å². The first-order chi connectivity index (χ1) is 8.64. The van der Waals surface area contributed by atoms with Gasteiger partial charge in [0.1, 0.15) is 0 Å². The van der Waals surface area contributed by atoms with Crippen LogP contribution in [0.25, 0.3) is 0 Å². The van der Waals surface area contributed by atoms with Crippen molar-refractivity contribution < 1.29 is 31.9 Å². The molecule has 0 radical (unpaired) electrons. The monoisotopic (exact) mass is 280 g/mol. The lowest BCUT2D eigenvalue weighted by molar-refractivity contribution is -0.289. The number of rotatable bonds is 3. The number of hydrogen-bond acceptors (Lipinski definition) is 1. The van der Waals surface area contributed by atoms with Gasteiger partial charge >= 0.3 is 18.1 Å². The van der Waals surface area contributed by atoms with Crippen molar-refractivity contribution in [1.29, 1.82) is 0 Å². The van der Waals surface area contributed by atoms with E-state index in [4.69, 9.17) is 5.11 Å². The molecule has 2 rings (SSSR count). The van der Waals surface area contributed by atoms with Crippen molar-refractivity contribution in [2.75, 3.05) is 0 Å². The van der Waals surface area contributed by atoms with E-state index in [1.165, 1.54) is 6.07 Å². The molecule has 0 aromatic heterocycles. The standard InChI is InChI=1S/C12H9F5O2/c13-11(14,12(15,16)17)7-3-1-2-6(4-7)8-5-9(8)10(18)19/h1-4,8-9H,5H2,(H,18,19)/t8-,9+/m0/s1. The molecule has 0 heterocycles. The summed E-state index contributed by atoms with van der Waals surface area (Å²) in [6, 6.07) is 3.88. The molecule has 0 saturated heterocycles. The van der Waals surface area contributed by atoms with E-state index in [-0.39, 0.29) is 12.0 Å². The molecule has 1 aliphatic carbocycles. The second-order valence-electron chi connectivity index (χ2n) is 4.48. The van der Waals surface area contributed by atoms with Crippen molar-refractivity contribution in [1.82, 2.24) is 0 Å². The van der Waals surface area contributed by atoms with Crippen LogP contribution < -0.4 is 0 Å². The van der Waals surface area contributed by atoms with Gasteiger partial charge in [-0.2, -0.15) is 22.0 Å². The molecule has 2 nitrogen and oxygen atoms in total. The van der Waals surface area contributed by atoms with Crippen molar-refractivity contribution in [3.05, 3.63) is 35.4 Å². The number of aliphatic carboxylic acids is 1. The highest BCUT2D eigenvalue weighted by Gasteiger charge is 2.59. The van der Waals surface area contributed by atoms with E-state index in [2.05, 4.69) is 0 Å². The first kappa shape index (κ1) is 13.8. The van der Waals surface area contributed by atoms with Crippen LogP contribution >= 0.6 is 0 Å². The van der Waals surface area contributed by atoms with Gasteiger partial charge in [0.15, 0.2) is 0 Å². The summed E-state index contributed by atoms with van der Waals surface area (Å²) in [6.07, 6.45) is -5.41. The second kappa shape index (κ2) is 4.18. The summed E-state index contributed by atoms with van der Waals surface area (Å²) in [7, 11) is 0. The lowest BCUT2D eigenvalue weighted by Crippen LogP contribution is -2.33. The molecular weight excluding hydrogens is 271 g/mol. The Morgan fingerprint density at radius 1 is 1.21 bits per heavy atom. The zero-order chi connectivity index (χ0) is 14.4. The molecule has 7 heteroatoms. The molecule has 19 heavy (non-hydrogen) atoms. The predicted molar refractivity (Wildman–Crippen MR) is 54.9 cm³/mol. The molecule has 0 bridgehead atoms. The van der Waals surface area contributed by atoms with Crippen molar-refractivity contribution in [3.63, 3.8) is 0 Å². The second-order valence-corrected chi connectivity index (χ2v) is 4.48. The Balaban J connectivity index is 2.29. The fraction of sp³-hybridized carbons (Fsp3) is 0.417. The first-order valence-corrected chi connectivity index (χ1v) is 5.42. The van der Waals surface area contributed by atoms with Gasteiger partial charge in [0, 0.05) is 5.56 Å². The lowest BCUT2D eigenvalue weighted by Gasteiger charge is -2.20. The molecule has 2 atom stereocenters. The number of carbonyl (C=O) groups is 1. The molecule has 104 valence electrons. The Hall–Kier alpha value is -1.66. The third kappa shape index (κ3) is 2.41. The summed E-state index contributed by atoms with van der Waals surface area (Å²) in [5.41, 5.74) is -0.956. The average molecular weight is 280 g/mol. The minimum absolute atomic E-state index is 0.203. The summed E-state index contributed by atoms with van der Waals surface area (Å²) in [5, 5.41) is 8.72. The van der Waals surface area contributed by atoms with Crippen LogP contribution in [0.4, 0.5) is 22.0 Å². The van der Waals surface area contributed by atoms with E-state index in [0.29, 0.717) is 6.07 Å². The summed E-state index contributed by atoms with van der Waals surface area (Å²) in [4.78, 5) is 10.7. The first-order valence-electron chi connectivity index (χ1n) is 5.42. The number of alkyl halides is 5. The maximum atomic E-state index is 13.1. The largest absolute Gasteiger partial charge is 0.481 e. The normalized spacial score (nSPS) is 23.2. The number of carboxylic acids is 1. The molecular formula is C12H9F5O2. The SMILES string of the molecule is O=C(O)[C@@H]1C[C@H]1c1cccc(C(F)(F)C(F)(F)F)c1. The fourth-order valence-corrected chi connectivity index (χ4v) is 1.96. The molecule has 0 amide bonds. The van der Waals surface area contributed by atoms with Gasteiger partial charge < -0.3 is 5.11 Å². The highest BCUT2D eigenvalue weighted by atomic mass is 19.4. The van der Waals surface area contributed by atoms with E-state index < -0.39 is 35.5 Å². The van der Waals surface area contributed by atoms with Crippen molar-refractivity contribution in [3.8, 4) is 0 Å². The molecule has 1 saturated carbocycles. The molecule has 1 fully saturated rings. The Labute approximate surface area is 104 Å². The van der Waals surface area contributed by atoms with E-state index >= 15 is 0 Å². The molecule has 1 aromatic carbocycles. The van der Waals surface area contributed by atoms with Crippen LogP contribution in [-0.4, -0.2) is 17.3 Å². The summed E-state index contributed by atoms with van der Waals surface area (Å²) >= 11 is 0. The van der Waals surface area contributed by atoms with Crippen LogP contribution in [0.3, 0.4) is 0 Å². The molecule has 0 aliphatic heterocycles. The zero-order valence-corrected chi connectivity index (χ0v) is 9.42. The predicted octanol–water partition coefficient (Wildman–Crippen LogP) is 3.53. The smallest absolute Gasteiger partial charge is 0.458 e. The third-order valence-electron chi connectivity index (χ3n) is 3.14. The van der Waals surface area contributed by atoms with E-state index in [9.17, 15) is 26.7 Å². The van der Waals surface area contributed by atoms with Gasteiger partial charge in [-0.25, -0.2) is 0 Å². The summed E-state index contributed by atoms with van der Waals surface area (Å²) in [5.74, 6) is -7.19. The van der Waals surface area contributed by atoms with Crippen LogP contribution in [-0.2, 0) is 10.7 Å². The van der Waals surface area contributed by atoms with Crippen LogP contribution in [0.1, 0.15) is 23.5 Å².